The largest absolute Gasteiger partial charge is 0.358 e. The average Bonchev–Trinajstić information content (AvgIpc) is 2.86. The first-order valence-electron chi connectivity index (χ1n) is 6.38. The molecule has 1 aromatic rings. The Labute approximate surface area is 118 Å². The molecule has 0 unspecified atom stereocenters. The van der Waals surface area contributed by atoms with Crippen LogP contribution in [0.1, 0.15) is 5.69 Å². The highest BCUT2D eigenvalue weighted by Crippen LogP contribution is 2.19. The van der Waals surface area contributed by atoms with Crippen LogP contribution in [0.15, 0.2) is 11.1 Å². The third kappa shape index (κ3) is 3.00. The minimum atomic E-state index is -3.49. The lowest BCUT2D eigenvalue weighted by Crippen LogP contribution is -2.50. The van der Waals surface area contributed by atoms with Gasteiger partial charge in [-0.25, -0.2) is 8.42 Å². The van der Waals surface area contributed by atoms with Crippen molar-refractivity contribution < 1.29 is 13.2 Å². The Morgan fingerprint density at radius 1 is 1.40 bits per heavy atom. The molecule has 2 N–H and O–H groups in total. The number of nitrogens with one attached hydrogen (secondary N) is 2. The average molecular weight is 301 g/mol. The van der Waals surface area contributed by atoms with Crippen LogP contribution in [0, 0.1) is 6.92 Å². The molecule has 1 amide bonds. The molecule has 1 fully saturated rings. The van der Waals surface area contributed by atoms with Crippen molar-refractivity contribution in [2.45, 2.75) is 11.8 Å². The monoisotopic (exact) mass is 301 g/mol. The van der Waals surface area contributed by atoms with Gasteiger partial charge in [-0.05, 0) is 6.92 Å². The maximum Gasteiger partial charge on any atom is 0.246 e. The number of amides is 1. The summed E-state index contributed by atoms with van der Waals surface area (Å²) in [6.07, 6.45) is 1.33. The first-order valence-corrected chi connectivity index (χ1v) is 7.82. The maximum atomic E-state index is 12.4. The molecule has 1 aliphatic heterocycles. The number of likely N-dealkylation sites (N-methyl/N-ethyl adjacent to an activating group) is 1. The normalized spacial score (nSPS) is 18.1. The van der Waals surface area contributed by atoms with Gasteiger partial charge >= 0.3 is 0 Å². The van der Waals surface area contributed by atoms with Crippen molar-refractivity contribution in [1.29, 1.82) is 0 Å². The van der Waals surface area contributed by atoms with E-state index < -0.39 is 10.0 Å². The molecule has 0 aliphatic carbocycles. The summed E-state index contributed by atoms with van der Waals surface area (Å²) in [6, 6.07) is 0. The van der Waals surface area contributed by atoms with Gasteiger partial charge in [-0.15, -0.1) is 0 Å². The Morgan fingerprint density at radius 2 is 2.05 bits per heavy atom. The second kappa shape index (κ2) is 5.90. The van der Waals surface area contributed by atoms with Crippen LogP contribution in [-0.2, 0) is 14.8 Å². The second-order valence-electron chi connectivity index (χ2n) is 4.71. The molecule has 2 rings (SSSR count). The van der Waals surface area contributed by atoms with E-state index in [0.717, 1.165) is 0 Å². The van der Waals surface area contributed by atoms with E-state index in [2.05, 4.69) is 15.5 Å². The van der Waals surface area contributed by atoms with Crippen molar-refractivity contribution in [3.05, 3.63) is 11.9 Å². The molecule has 112 valence electrons. The van der Waals surface area contributed by atoms with Gasteiger partial charge in [0.15, 0.2) is 0 Å². The van der Waals surface area contributed by atoms with E-state index in [1.807, 2.05) is 4.90 Å². The molecule has 1 aliphatic rings. The Balaban J connectivity index is 2.00. The number of piperazine rings is 1. The molecule has 1 saturated heterocycles. The second-order valence-corrected chi connectivity index (χ2v) is 6.62. The van der Waals surface area contributed by atoms with E-state index in [-0.39, 0.29) is 10.8 Å². The lowest BCUT2D eigenvalue weighted by molar-refractivity contribution is -0.122. The van der Waals surface area contributed by atoms with Crippen LogP contribution in [0.5, 0.6) is 0 Å². The van der Waals surface area contributed by atoms with Gasteiger partial charge in [-0.3, -0.25) is 14.8 Å². The minimum Gasteiger partial charge on any atom is -0.358 e. The fourth-order valence-corrected chi connectivity index (χ4v) is 3.69. The lowest BCUT2D eigenvalue weighted by Gasteiger charge is -2.33. The zero-order chi connectivity index (χ0) is 14.8. The topological polar surface area (TPSA) is 98.4 Å². The van der Waals surface area contributed by atoms with Crippen molar-refractivity contribution in [1.82, 2.24) is 24.7 Å². The summed E-state index contributed by atoms with van der Waals surface area (Å²) in [5.41, 5.74) is 0.540. The van der Waals surface area contributed by atoms with E-state index in [1.165, 1.54) is 10.5 Å². The Hall–Kier alpha value is -1.45. The standard InChI is InChI=1S/C11H19N5O3S/c1-9-10(7-13-14-9)20(18,19)16-5-3-15(4-6-16)8-11(17)12-2/h7H,3-6,8H2,1-2H3,(H,12,17)(H,13,14). The maximum absolute atomic E-state index is 12.4. The van der Waals surface area contributed by atoms with E-state index in [1.54, 1.807) is 14.0 Å². The zero-order valence-corrected chi connectivity index (χ0v) is 12.4. The number of carbonyl (C=O) groups is 1. The van der Waals surface area contributed by atoms with Gasteiger partial charge in [0.2, 0.25) is 15.9 Å². The number of aromatic nitrogens is 2. The SMILES string of the molecule is CNC(=O)CN1CCN(S(=O)(=O)c2cn[nH]c2C)CC1. The number of H-pyrrole nitrogens is 1. The molecule has 0 bridgehead atoms. The fourth-order valence-electron chi connectivity index (χ4n) is 2.15. The molecule has 8 nitrogen and oxygen atoms in total. The van der Waals surface area contributed by atoms with Gasteiger partial charge in [0.05, 0.1) is 18.4 Å². The predicted octanol–water partition coefficient (Wildman–Crippen LogP) is -1.23. The van der Waals surface area contributed by atoms with Gasteiger partial charge in [0.25, 0.3) is 0 Å². The van der Waals surface area contributed by atoms with Crippen LogP contribution in [0.2, 0.25) is 0 Å². The first kappa shape index (κ1) is 14.9. The molecular weight excluding hydrogens is 282 g/mol. The molecule has 0 aromatic carbocycles. The van der Waals surface area contributed by atoms with Crippen LogP contribution in [0.4, 0.5) is 0 Å². The van der Waals surface area contributed by atoms with Crippen molar-refractivity contribution >= 4 is 15.9 Å². The summed E-state index contributed by atoms with van der Waals surface area (Å²) in [5.74, 6) is -0.0630. The molecule has 1 aromatic heterocycles. The van der Waals surface area contributed by atoms with Gasteiger partial charge < -0.3 is 5.32 Å². The van der Waals surface area contributed by atoms with Crippen LogP contribution in [0.25, 0.3) is 0 Å². The predicted molar refractivity (Wildman–Crippen MR) is 72.6 cm³/mol. The van der Waals surface area contributed by atoms with Crippen LogP contribution < -0.4 is 5.32 Å². The van der Waals surface area contributed by atoms with Crippen LogP contribution in [0.3, 0.4) is 0 Å². The summed E-state index contributed by atoms with van der Waals surface area (Å²) in [4.78, 5) is 13.5. The van der Waals surface area contributed by atoms with Crippen LogP contribution in [-0.4, -0.2) is 73.5 Å². The number of aryl methyl sites for hydroxylation is 1. The highest BCUT2D eigenvalue weighted by atomic mass is 32.2. The third-order valence-corrected chi connectivity index (χ3v) is 5.39. The number of hydrogen-bond acceptors (Lipinski definition) is 5. The number of aromatic amines is 1. The molecule has 2 heterocycles. The third-order valence-electron chi connectivity index (χ3n) is 3.38. The molecule has 0 radical (unpaired) electrons. The smallest absolute Gasteiger partial charge is 0.246 e. The summed E-state index contributed by atoms with van der Waals surface area (Å²) >= 11 is 0. The van der Waals surface area contributed by atoms with Gasteiger partial charge in [-0.1, -0.05) is 0 Å². The summed E-state index contributed by atoms with van der Waals surface area (Å²) in [5, 5.41) is 8.95. The minimum absolute atomic E-state index is 0.0630. The van der Waals surface area contributed by atoms with Gasteiger partial charge in [0.1, 0.15) is 4.90 Å². The highest BCUT2D eigenvalue weighted by Gasteiger charge is 2.30. The quantitative estimate of drug-likeness (QED) is 0.725. The summed E-state index contributed by atoms with van der Waals surface area (Å²) in [7, 11) is -1.91. The first-order chi connectivity index (χ1) is 9.45. The molecular formula is C11H19N5O3S. The zero-order valence-electron chi connectivity index (χ0n) is 11.6. The number of carbonyl (C=O) groups excluding carboxylic acids is 1. The molecule has 0 spiro atoms. The Kier molecular flexibility index (Phi) is 4.41. The summed E-state index contributed by atoms with van der Waals surface area (Å²) in [6.45, 7) is 3.83. The molecule has 0 atom stereocenters. The van der Waals surface area contributed by atoms with E-state index in [4.69, 9.17) is 0 Å². The highest BCUT2D eigenvalue weighted by molar-refractivity contribution is 7.89. The van der Waals surface area contributed by atoms with Gasteiger partial charge in [-0.2, -0.15) is 9.40 Å². The molecule has 9 heteroatoms. The number of rotatable bonds is 4. The molecule has 20 heavy (non-hydrogen) atoms. The van der Waals surface area contributed by atoms with Crippen molar-refractivity contribution in [3.8, 4) is 0 Å². The summed E-state index contributed by atoms with van der Waals surface area (Å²) < 4.78 is 26.3. The van der Waals surface area contributed by atoms with E-state index in [0.29, 0.717) is 38.4 Å². The fraction of sp³-hybridized carbons (Fsp3) is 0.636. The van der Waals surface area contributed by atoms with Crippen molar-refractivity contribution in [2.75, 3.05) is 39.8 Å². The van der Waals surface area contributed by atoms with Gasteiger partial charge in [0, 0.05) is 33.2 Å². The van der Waals surface area contributed by atoms with E-state index >= 15 is 0 Å². The lowest BCUT2D eigenvalue weighted by atomic mass is 10.3. The van der Waals surface area contributed by atoms with Crippen LogP contribution >= 0.6 is 0 Å². The Morgan fingerprint density at radius 3 is 2.55 bits per heavy atom. The molecule has 0 saturated carbocycles. The number of nitrogens with zero attached hydrogens (tertiary/aromatic N) is 3. The van der Waals surface area contributed by atoms with E-state index in [9.17, 15) is 13.2 Å². The number of sulfonamides is 1. The van der Waals surface area contributed by atoms with Crippen molar-refractivity contribution in [2.24, 2.45) is 0 Å². The Bertz CT molecular complexity index is 575. The number of hydrogen-bond donors (Lipinski definition) is 2. The van der Waals surface area contributed by atoms with Crippen molar-refractivity contribution in [3.63, 3.8) is 0 Å².